The number of carbonyl (C=O) groups is 2. The van der Waals surface area contributed by atoms with Crippen LogP contribution in [0.1, 0.15) is 5.56 Å². The molecule has 0 aliphatic carbocycles. The molecule has 2 aliphatic rings. The van der Waals surface area contributed by atoms with Crippen LogP contribution in [-0.2, 0) is 26.1 Å². The van der Waals surface area contributed by atoms with Crippen molar-refractivity contribution >= 4 is 27.7 Å². The van der Waals surface area contributed by atoms with E-state index < -0.39 is 22.0 Å². The van der Waals surface area contributed by atoms with Gasteiger partial charge in [0.05, 0.1) is 37.5 Å². The van der Waals surface area contributed by atoms with Crippen LogP contribution < -0.4 is 9.64 Å². The van der Waals surface area contributed by atoms with Gasteiger partial charge in [-0.2, -0.15) is 4.31 Å². The van der Waals surface area contributed by atoms with Crippen LogP contribution in [0.25, 0.3) is 0 Å². The van der Waals surface area contributed by atoms with Gasteiger partial charge in [-0.05, 0) is 35.9 Å². The molecule has 33 heavy (non-hydrogen) atoms. The second-order valence-electron chi connectivity index (χ2n) is 7.70. The molecule has 0 radical (unpaired) electrons. The molecule has 2 amide bonds. The van der Waals surface area contributed by atoms with Gasteiger partial charge in [-0.3, -0.25) is 9.69 Å². The van der Waals surface area contributed by atoms with Gasteiger partial charge in [-0.25, -0.2) is 13.2 Å². The molecule has 1 N–H and O–H groups in total. The Balaban J connectivity index is 1.76. The Kier molecular flexibility index (Phi) is 6.54. The van der Waals surface area contributed by atoms with Gasteiger partial charge in [0, 0.05) is 19.6 Å². The number of fused-ring (bicyclic) bond motifs is 1. The number of carboxylic acids is 1. The summed E-state index contributed by atoms with van der Waals surface area (Å²) in [5, 5.41) is 10.0. The van der Waals surface area contributed by atoms with Gasteiger partial charge in [0.2, 0.25) is 10.0 Å². The Labute approximate surface area is 192 Å². The van der Waals surface area contributed by atoms with Crippen LogP contribution in [0.5, 0.6) is 5.75 Å². The molecule has 1 fully saturated rings. The maximum Gasteiger partial charge on any atom is 0.324 e. The van der Waals surface area contributed by atoms with E-state index in [1.54, 1.807) is 29.2 Å². The molecular weight excluding hydrogens is 450 g/mol. The summed E-state index contributed by atoms with van der Waals surface area (Å²) in [7, 11) is -2.73. The molecule has 4 rings (SSSR count). The molecule has 2 heterocycles. The van der Waals surface area contributed by atoms with Crippen molar-refractivity contribution in [3.63, 3.8) is 0 Å². The molecule has 0 bridgehead atoms. The lowest BCUT2D eigenvalue weighted by Gasteiger charge is -2.34. The van der Waals surface area contributed by atoms with Gasteiger partial charge in [0.15, 0.2) is 0 Å². The van der Waals surface area contributed by atoms with Crippen molar-refractivity contribution in [2.24, 2.45) is 0 Å². The van der Waals surface area contributed by atoms with Crippen LogP contribution in [-0.4, -0.2) is 80.7 Å². The Hall–Kier alpha value is -3.15. The zero-order valence-corrected chi connectivity index (χ0v) is 18.9. The highest BCUT2D eigenvalue weighted by atomic mass is 32.2. The van der Waals surface area contributed by atoms with E-state index in [-0.39, 0.29) is 24.0 Å². The van der Waals surface area contributed by atoms with Gasteiger partial charge < -0.3 is 19.5 Å². The summed E-state index contributed by atoms with van der Waals surface area (Å²) in [4.78, 5) is 28.5. The number of morpholine rings is 1. The second kappa shape index (κ2) is 9.38. The van der Waals surface area contributed by atoms with Gasteiger partial charge in [-0.1, -0.05) is 18.2 Å². The first-order valence-corrected chi connectivity index (χ1v) is 11.9. The number of para-hydroxylation sites is 1. The predicted octanol–water partition coefficient (Wildman–Crippen LogP) is 1.61. The van der Waals surface area contributed by atoms with Gasteiger partial charge in [-0.15, -0.1) is 0 Å². The van der Waals surface area contributed by atoms with Crippen molar-refractivity contribution in [2.75, 3.05) is 44.9 Å². The fraction of sp³-hybridized carbons (Fsp3) is 0.364. The summed E-state index contributed by atoms with van der Waals surface area (Å²) in [6, 6.07) is 10.8. The number of hydrogen-bond acceptors (Lipinski definition) is 6. The van der Waals surface area contributed by atoms with Gasteiger partial charge in [0.25, 0.3) is 0 Å². The highest BCUT2D eigenvalue weighted by molar-refractivity contribution is 7.89. The Morgan fingerprint density at radius 3 is 2.36 bits per heavy atom. The molecule has 2 aromatic rings. The highest BCUT2D eigenvalue weighted by Gasteiger charge is 2.42. The summed E-state index contributed by atoms with van der Waals surface area (Å²) < 4.78 is 38.4. The largest absolute Gasteiger partial charge is 0.497 e. The van der Waals surface area contributed by atoms with Crippen LogP contribution in [0.3, 0.4) is 0 Å². The Bertz CT molecular complexity index is 1130. The van der Waals surface area contributed by atoms with Crippen molar-refractivity contribution in [1.82, 2.24) is 9.21 Å². The molecule has 10 nitrogen and oxygen atoms in total. The van der Waals surface area contributed by atoms with Crippen LogP contribution in [0.4, 0.5) is 10.5 Å². The summed E-state index contributed by atoms with van der Waals surface area (Å²) >= 11 is 0. The van der Waals surface area contributed by atoms with Crippen LogP contribution in [0, 0.1) is 0 Å². The lowest BCUT2D eigenvalue weighted by atomic mass is 10.1. The Morgan fingerprint density at radius 1 is 1.06 bits per heavy atom. The third kappa shape index (κ3) is 4.52. The Morgan fingerprint density at radius 2 is 1.73 bits per heavy atom. The number of anilines is 1. The van der Waals surface area contributed by atoms with Crippen molar-refractivity contribution in [3.8, 4) is 5.75 Å². The van der Waals surface area contributed by atoms with E-state index in [4.69, 9.17) is 9.47 Å². The number of aliphatic carboxylic acids is 1. The fourth-order valence-corrected chi connectivity index (χ4v) is 5.54. The van der Waals surface area contributed by atoms with Crippen molar-refractivity contribution in [1.29, 1.82) is 0 Å². The lowest BCUT2D eigenvalue weighted by molar-refractivity contribution is -0.141. The van der Waals surface area contributed by atoms with Crippen molar-refractivity contribution < 1.29 is 32.6 Å². The molecule has 11 heteroatoms. The molecule has 0 saturated carbocycles. The fourth-order valence-electron chi connectivity index (χ4n) is 3.99. The number of carbonyl (C=O) groups excluding carboxylic acids is 1. The molecule has 1 saturated heterocycles. The number of benzene rings is 2. The average molecular weight is 476 g/mol. The molecule has 176 valence electrons. The van der Waals surface area contributed by atoms with Gasteiger partial charge >= 0.3 is 12.0 Å². The third-order valence-corrected chi connectivity index (χ3v) is 7.64. The first kappa shape index (κ1) is 23.0. The average Bonchev–Trinajstić information content (AvgIpc) is 3.02. The summed E-state index contributed by atoms with van der Waals surface area (Å²) in [5.41, 5.74) is 1.03. The minimum Gasteiger partial charge on any atom is -0.497 e. The molecule has 1 unspecified atom stereocenters. The molecule has 0 spiro atoms. The molecular formula is C22H25N3O7S. The van der Waals surface area contributed by atoms with E-state index in [1.807, 2.05) is 0 Å². The number of ether oxygens (including phenoxy) is 2. The normalized spacial score (nSPS) is 19.5. The van der Waals surface area contributed by atoms with Gasteiger partial charge in [0.1, 0.15) is 11.8 Å². The number of methoxy groups -OCH3 is 1. The number of amides is 2. The minimum atomic E-state index is -4.20. The molecule has 1 atom stereocenters. The number of rotatable bonds is 4. The minimum absolute atomic E-state index is 0.0556. The quantitative estimate of drug-likeness (QED) is 0.714. The van der Waals surface area contributed by atoms with Crippen LogP contribution in [0.2, 0.25) is 0 Å². The van der Waals surface area contributed by atoms with E-state index in [9.17, 15) is 23.1 Å². The number of carboxylic acid groups (broad SMARTS) is 1. The molecule has 0 aromatic heterocycles. The van der Waals surface area contributed by atoms with E-state index in [1.165, 1.54) is 36.3 Å². The van der Waals surface area contributed by atoms with Crippen molar-refractivity contribution in [3.05, 3.63) is 54.1 Å². The maximum absolute atomic E-state index is 13.5. The first-order chi connectivity index (χ1) is 15.8. The first-order valence-electron chi connectivity index (χ1n) is 10.4. The van der Waals surface area contributed by atoms with Crippen LogP contribution >= 0.6 is 0 Å². The standard InChI is InChI=1S/C22H25N3O7S/c1-31-17-6-8-18(9-7-17)33(29,30)25-14-16-4-2-3-5-19(16)24(15-20(25)21(26)27)22(28)23-10-12-32-13-11-23/h2-9,20H,10-15H2,1H3,(H,26,27). The maximum atomic E-state index is 13.5. The smallest absolute Gasteiger partial charge is 0.324 e. The topological polar surface area (TPSA) is 117 Å². The lowest BCUT2D eigenvalue weighted by Crippen LogP contribution is -2.54. The van der Waals surface area contributed by atoms with E-state index in [0.717, 1.165) is 4.31 Å². The number of sulfonamides is 1. The second-order valence-corrected chi connectivity index (χ2v) is 9.59. The number of urea groups is 1. The summed E-state index contributed by atoms with van der Waals surface area (Å²) in [5.74, 6) is -0.855. The van der Waals surface area contributed by atoms with E-state index in [2.05, 4.69) is 0 Å². The molecule has 2 aliphatic heterocycles. The highest BCUT2D eigenvalue weighted by Crippen LogP contribution is 2.32. The summed E-state index contributed by atoms with van der Waals surface area (Å²) in [6.07, 6.45) is 0. The van der Waals surface area contributed by atoms with Crippen LogP contribution in [0.15, 0.2) is 53.4 Å². The third-order valence-electron chi connectivity index (χ3n) is 5.78. The van der Waals surface area contributed by atoms with E-state index in [0.29, 0.717) is 43.3 Å². The monoisotopic (exact) mass is 475 g/mol. The zero-order chi connectivity index (χ0) is 23.6. The number of nitrogens with zero attached hydrogens (tertiary/aromatic N) is 3. The summed E-state index contributed by atoms with van der Waals surface area (Å²) in [6.45, 7) is 1.03. The SMILES string of the molecule is COc1ccc(S(=O)(=O)N2Cc3ccccc3N(C(=O)N3CCOCC3)CC2C(=O)O)cc1. The molecule has 2 aromatic carbocycles. The number of hydrogen-bond donors (Lipinski definition) is 1. The zero-order valence-electron chi connectivity index (χ0n) is 18.1. The van der Waals surface area contributed by atoms with Crippen molar-refractivity contribution in [2.45, 2.75) is 17.5 Å². The predicted molar refractivity (Wildman–Crippen MR) is 119 cm³/mol. The van der Waals surface area contributed by atoms with E-state index >= 15 is 0 Å².